The van der Waals surface area contributed by atoms with Crippen LogP contribution in [0.1, 0.15) is 16.7 Å². The van der Waals surface area contributed by atoms with Crippen molar-refractivity contribution in [2.24, 2.45) is 4.99 Å². The molecule has 3 aromatic rings. The third-order valence-electron chi connectivity index (χ3n) is 3.37. The summed E-state index contributed by atoms with van der Waals surface area (Å²) in [6.45, 7) is 0. The van der Waals surface area contributed by atoms with Gasteiger partial charge in [0.15, 0.2) is 11.6 Å². The summed E-state index contributed by atoms with van der Waals surface area (Å²) < 4.78 is 0.975. The van der Waals surface area contributed by atoms with Gasteiger partial charge < -0.3 is 5.32 Å². The van der Waals surface area contributed by atoms with E-state index in [-0.39, 0.29) is 0 Å². The van der Waals surface area contributed by atoms with Crippen LogP contribution in [0.5, 0.6) is 0 Å². The fraction of sp³-hybridized carbons (Fsp3) is 0.0556. The number of halogens is 1. The zero-order valence-corrected chi connectivity index (χ0v) is 14.9. The van der Waals surface area contributed by atoms with Crippen LogP contribution in [0.3, 0.4) is 0 Å². The second-order valence-corrected chi connectivity index (χ2v) is 5.79. The van der Waals surface area contributed by atoms with Gasteiger partial charge in [0.2, 0.25) is 0 Å². The van der Waals surface area contributed by atoms with Crippen molar-refractivity contribution in [2.45, 2.75) is 4.43 Å². The van der Waals surface area contributed by atoms with Crippen LogP contribution in [0.2, 0.25) is 0 Å². The highest BCUT2D eigenvalue weighted by atomic mass is 127. The van der Waals surface area contributed by atoms with Gasteiger partial charge in [-0.15, -0.1) is 0 Å². The first-order chi connectivity index (χ1) is 11.8. The molecule has 5 nitrogen and oxygen atoms in total. The highest BCUT2D eigenvalue weighted by Crippen LogP contribution is 2.25. The molecular weight excluding hydrogens is 413 g/mol. The molecule has 118 valence electrons. The molecule has 0 unspecified atom stereocenters. The minimum absolute atomic E-state index is 0.388. The molecule has 0 saturated carbocycles. The number of aromatic amines is 1. The lowest BCUT2D eigenvalue weighted by Crippen LogP contribution is -1.92. The van der Waals surface area contributed by atoms with Crippen LogP contribution in [0, 0.1) is 11.3 Å². The Labute approximate surface area is 153 Å². The van der Waals surface area contributed by atoms with Gasteiger partial charge in [-0.25, -0.2) is 4.99 Å². The fourth-order valence-electron chi connectivity index (χ4n) is 2.11. The van der Waals surface area contributed by atoms with E-state index in [0.717, 1.165) is 15.7 Å². The minimum Gasteiger partial charge on any atom is -0.338 e. The lowest BCUT2D eigenvalue weighted by molar-refractivity contribution is 1.09. The number of nitrogens with one attached hydrogen (secondary N) is 2. The Hall–Kier alpha value is -2.66. The van der Waals surface area contributed by atoms with Crippen molar-refractivity contribution in [2.75, 3.05) is 5.32 Å². The molecule has 0 amide bonds. The van der Waals surface area contributed by atoms with Gasteiger partial charge in [0, 0.05) is 16.3 Å². The zero-order chi connectivity index (χ0) is 16.8. The van der Waals surface area contributed by atoms with E-state index in [1.54, 1.807) is 6.21 Å². The normalized spacial score (nSPS) is 10.7. The first-order valence-corrected chi connectivity index (χ1v) is 8.82. The number of rotatable bonds is 5. The minimum atomic E-state index is 0.388. The van der Waals surface area contributed by atoms with Crippen molar-refractivity contribution < 1.29 is 0 Å². The van der Waals surface area contributed by atoms with Gasteiger partial charge in [0.1, 0.15) is 11.6 Å². The Morgan fingerprint density at radius 2 is 1.92 bits per heavy atom. The molecule has 2 N–H and O–H groups in total. The summed E-state index contributed by atoms with van der Waals surface area (Å²) in [5, 5.41) is 19.5. The third kappa shape index (κ3) is 3.81. The van der Waals surface area contributed by atoms with E-state index < -0.39 is 0 Å². The summed E-state index contributed by atoms with van der Waals surface area (Å²) in [6.07, 6.45) is 1.72. The average Bonchev–Trinajstić information content (AvgIpc) is 3.02. The van der Waals surface area contributed by atoms with Crippen molar-refractivity contribution >= 4 is 46.1 Å². The molecule has 24 heavy (non-hydrogen) atoms. The van der Waals surface area contributed by atoms with Crippen molar-refractivity contribution in [1.82, 2.24) is 10.2 Å². The monoisotopic (exact) mass is 427 g/mol. The zero-order valence-electron chi connectivity index (χ0n) is 12.7. The maximum absolute atomic E-state index is 9.41. The summed E-state index contributed by atoms with van der Waals surface area (Å²) in [6, 6.07) is 19.9. The fourth-order valence-corrected chi connectivity index (χ4v) is 2.62. The Morgan fingerprint density at radius 3 is 2.58 bits per heavy atom. The highest BCUT2D eigenvalue weighted by Gasteiger charge is 2.12. The quantitative estimate of drug-likeness (QED) is 0.352. The molecular formula is C18H14IN5. The van der Waals surface area contributed by atoms with E-state index in [9.17, 15) is 5.26 Å². The van der Waals surface area contributed by atoms with E-state index in [0.29, 0.717) is 17.2 Å². The molecule has 0 saturated heterocycles. The number of H-pyrrole nitrogens is 1. The first kappa shape index (κ1) is 16.2. The molecule has 3 rings (SSSR count). The molecule has 2 aromatic carbocycles. The number of nitrogens with zero attached hydrogens (tertiary/aromatic N) is 3. The van der Waals surface area contributed by atoms with Gasteiger partial charge in [0.05, 0.1) is 0 Å². The average molecular weight is 427 g/mol. The van der Waals surface area contributed by atoms with Crippen molar-refractivity contribution in [3.63, 3.8) is 0 Å². The SMILES string of the molecule is N#Cc1c(Nc2ccccc2)n[nH]c1/N=C/c1ccc(CI)cc1. The van der Waals surface area contributed by atoms with Crippen LogP contribution in [0.25, 0.3) is 0 Å². The number of aliphatic imine (C=N–C) groups is 1. The van der Waals surface area contributed by atoms with Crippen molar-refractivity contribution in [3.8, 4) is 6.07 Å². The molecule has 6 heteroatoms. The maximum Gasteiger partial charge on any atom is 0.172 e. The van der Waals surface area contributed by atoms with Gasteiger partial charge in [-0.1, -0.05) is 65.1 Å². The smallest absolute Gasteiger partial charge is 0.172 e. The Balaban J connectivity index is 1.81. The van der Waals surface area contributed by atoms with Gasteiger partial charge in [-0.05, 0) is 23.3 Å². The molecule has 0 fully saturated rings. The lowest BCUT2D eigenvalue weighted by Gasteiger charge is -2.01. The summed E-state index contributed by atoms with van der Waals surface area (Å²) in [5.74, 6) is 0.907. The molecule has 0 aliphatic rings. The van der Waals surface area contributed by atoms with Gasteiger partial charge in [-0.2, -0.15) is 10.4 Å². The lowest BCUT2D eigenvalue weighted by atomic mass is 10.2. The number of alkyl halides is 1. The third-order valence-corrected chi connectivity index (χ3v) is 4.25. The molecule has 0 bridgehead atoms. The summed E-state index contributed by atoms with van der Waals surface area (Å²) in [5.41, 5.74) is 3.49. The van der Waals surface area contributed by atoms with Crippen LogP contribution in [-0.4, -0.2) is 16.4 Å². The number of nitriles is 1. The van der Waals surface area contributed by atoms with E-state index in [1.807, 2.05) is 42.5 Å². The Kier molecular flexibility index (Phi) is 5.23. The van der Waals surface area contributed by atoms with E-state index in [1.165, 1.54) is 5.56 Å². The summed E-state index contributed by atoms with van der Waals surface area (Å²) >= 11 is 2.33. The first-order valence-electron chi connectivity index (χ1n) is 7.29. The number of benzene rings is 2. The molecule has 0 aliphatic carbocycles. The second kappa shape index (κ2) is 7.75. The Bertz CT molecular complexity index is 876. The van der Waals surface area contributed by atoms with Crippen LogP contribution < -0.4 is 5.32 Å². The number of hydrogen-bond donors (Lipinski definition) is 2. The van der Waals surface area contributed by atoms with Crippen LogP contribution in [-0.2, 0) is 4.43 Å². The number of aromatic nitrogens is 2. The van der Waals surface area contributed by atoms with Crippen molar-refractivity contribution in [3.05, 3.63) is 71.3 Å². The van der Waals surface area contributed by atoms with Crippen LogP contribution >= 0.6 is 22.6 Å². The van der Waals surface area contributed by atoms with E-state index in [4.69, 9.17) is 0 Å². The van der Waals surface area contributed by atoms with Gasteiger partial charge in [-0.3, -0.25) is 5.10 Å². The number of para-hydroxylation sites is 1. The predicted octanol–water partition coefficient (Wildman–Crippen LogP) is 4.71. The Morgan fingerprint density at radius 1 is 1.17 bits per heavy atom. The van der Waals surface area contributed by atoms with Crippen molar-refractivity contribution in [1.29, 1.82) is 5.26 Å². The highest BCUT2D eigenvalue weighted by molar-refractivity contribution is 14.1. The van der Waals surface area contributed by atoms with Crippen LogP contribution in [0.15, 0.2) is 59.6 Å². The van der Waals surface area contributed by atoms with Gasteiger partial charge >= 0.3 is 0 Å². The molecule has 0 radical (unpaired) electrons. The predicted molar refractivity (Wildman–Crippen MR) is 104 cm³/mol. The topological polar surface area (TPSA) is 76.9 Å². The standard InChI is InChI=1S/C18H14IN5/c19-10-13-6-8-14(9-7-13)12-21-17-16(11-20)18(24-23-17)22-15-4-2-1-3-5-15/h1-9,12H,10H2,(H2,22,23,24)/b21-12+. The molecule has 0 atom stereocenters. The maximum atomic E-state index is 9.41. The molecule has 0 aliphatic heterocycles. The second-order valence-electron chi connectivity index (χ2n) is 5.03. The van der Waals surface area contributed by atoms with E-state index in [2.05, 4.69) is 61.3 Å². The summed E-state index contributed by atoms with van der Waals surface area (Å²) in [7, 11) is 0. The molecule has 1 heterocycles. The largest absolute Gasteiger partial charge is 0.338 e. The van der Waals surface area contributed by atoms with Gasteiger partial charge in [0.25, 0.3) is 0 Å². The summed E-state index contributed by atoms with van der Waals surface area (Å²) in [4.78, 5) is 4.36. The molecule has 0 spiro atoms. The van der Waals surface area contributed by atoms with Crippen LogP contribution in [0.4, 0.5) is 17.3 Å². The number of hydrogen-bond acceptors (Lipinski definition) is 4. The molecule has 1 aromatic heterocycles. The number of anilines is 2. The van der Waals surface area contributed by atoms with E-state index >= 15 is 0 Å².